The molecule has 72 heavy (non-hydrogen) atoms. The number of fused-ring (bicyclic) bond motifs is 8. The molecule has 346 valence electrons. The van der Waals surface area contributed by atoms with Crippen LogP contribution in [0, 0.1) is 0 Å². The fraction of sp³-hybridized carbons (Fsp3) is 0.0909. The fourth-order valence-electron chi connectivity index (χ4n) is 11.7. The van der Waals surface area contributed by atoms with Crippen LogP contribution in [-0.2, 0) is 0 Å². The molecule has 0 N–H and O–H groups in total. The van der Waals surface area contributed by atoms with Crippen LogP contribution in [0.2, 0.25) is 39.3 Å². The normalized spacial score (nSPS) is 12.6. The average molecular weight is 961 g/mol. The van der Waals surface area contributed by atoms with Crippen molar-refractivity contribution in [3.05, 3.63) is 206 Å². The van der Waals surface area contributed by atoms with Gasteiger partial charge in [-0.2, -0.15) is 0 Å². The Balaban J connectivity index is 1.01. The standard InChI is InChI=1S/C66H52N2O2Si2/c1-71(2,3)59-25-13-21-53-51-19-11-23-57(63(51)69-65(53)59)67(48-33-29-41-15-7-9-17-44(41)37-48)50-39-46-28-27-43-32-36-56(55-35-31-47(40-50)61(46)62(43)55)68(49-34-30-42-16-8-10-18-45(42)38-49)58-24-12-20-52-54-22-14-26-60(72(4,5)6)66(54)70-64(52)58/h7-40H,1-6H3. The Hall–Kier alpha value is -8.17. The van der Waals surface area contributed by atoms with Crippen LogP contribution in [0.5, 0.6) is 0 Å². The van der Waals surface area contributed by atoms with Gasteiger partial charge in [0.1, 0.15) is 11.2 Å². The minimum Gasteiger partial charge on any atom is -0.454 e. The van der Waals surface area contributed by atoms with Gasteiger partial charge in [0.25, 0.3) is 0 Å². The van der Waals surface area contributed by atoms with E-state index in [1.54, 1.807) is 0 Å². The Morgan fingerprint density at radius 3 is 1.24 bits per heavy atom. The second kappa shape index (κ2) is 15.7. The number of hydrogen-bond donors (Lipinski definition) is 0. The summed E-state index contributed by atoms with van der Waals surface area (Å²) in [5.41, 5.74) is 10.2. The van der Waals surface area contributed by atoms with Crippen LogP contribution in [0.3, 0.4) is 0 Å². The summed E-state index contributed by atoms with van der Waals surface area (Å²) < 4.78 is 14.3. The van der Waals surface area contributed by atoms with Crippen molar-refractivity contribution in [3.63, 3.8) is 0 Å². The minimum atomic E-state index is -1.74. The third-order valence-electron chi connectivity index (χ3n) is 15.1. The van der Waals surface area contributed by atoms with Gasteiger partial charge in [0.15, 0.2) is 11.2 Å². The quantitative estimate of drug-likeness (QED) is 0.112. The van der Waals surface area contributed by atoms with Crippen LogP contribution in [0.25, 0.3) is 97.7 Å². The zero-order chi connectivity index (χ0) is 48.6. The molecule has 14 aromatic rings. The largest absolute Gasteiger partial charge is 0.454 e. The summed E-state index contributed by atoms with van der Waals surface area (Å²) in [5.74, 6) is 0. The highest BCUT2D eigenvalue weighted by Crippen LogP contribution is 2.50. The number of furan rings is 2. The van der Waals surface area contributed by atoms with Crippen molar-refractivity contribution in [2.75, 3.05) is 9.80 Å². The third kappa shape index (κ3) is 6.56. The van der Waals surface area contributed by atoms with Crippen LogP contribution >= 0.6 is 0 Å². The summed E-state index contributed by atoms with van der Waals surface area (Å²) in [5, 5.41) is 19.3. The molecule has 0 atom stereocenters. The first-order valence-corrected chi connectivity index (χ1v) is 32.2. The van der Waals surface area contributed by atoms with E-state index in [0.717, 1.165) is 67.2 Å². The summed E-state index contributed by atoms with van der Waals surface area (Å²) in [6.07, 6.45) is 0. The van der Waals surface area contributed by atoms with E-state index in [4.69, 9.17) is 8.83 Å². The van der Waals surface area contributed by atoms with Crippen LogP contribution in [0.1, 0.15) is 0 Å². The number of anilines is 6. The number of rotatable bonds is 8. The second-order valence-corrected chi connectivity index (χ2v) is 31.8. The molecular formula is C66H52N2O2Si2. The summed E-state index contributed by atoms with van der Waals surface area (Å²) in [6, 6.07) is 76.2. The van der Waals surface area contributed by atoms with Gasteiger partial charge >= 0.3 is 0 Å². The molecule has 6 heteroatoms. The molecule has 0 aliphatic rings. The molecule has 0 amide bonds. The van der Waals surface area contributed by atoms with Gasteiger partial charge in [0, 0.05) is 44.0 Å². The average Bonchev–Trinajstić information content (AvgIpc) is 3.97. The van der Waals surface area contributed by atoms with Crippen molar-refractivity contribution in [2.45, 2.75) is 39.3 Å². The molecule has 0 fully saturated rings. The van der Waals surface area contributed by atoms with E-state index in [9.17, 15) is 0 Å². The summed E-state index contributed by atoms with van der Waals surface area (Å²) in [4.78, 5) is 4.85. The summed E-state index contributed by atoms with van der Waals surface area (Å²) in [6.45, 7) is 14.4. The van der Waals surface area contributed by atoms with Crippen molar-refractivity contribution < 1.29 is 8.83 Å². The maximum atomic E-state index is 7.16. The lowest BCUT2D eigenvalue weighted by Crippen LogP contribution is -2.37. The van der Waals surface area contributed by atoms with Crippen LogP contribution in [0.4, 0.5) is 34.1 Å². The van der Waals surface area contributed by atoms with Crippen molar-refractivity contribution >= 4 is 158 Å². The zero-order valence-electron chi connectivity index (χ0n) is 41.3. The van der Waals surface area contributed by atoms with Gasteiger partial charge in [-0.05, 0) is 113 Å². The van der Waals surface area contributed by atoms with Crippen LogP contribution < -0.4 is 20.2 Å². The lowest BCUT2D eigenvalue weighted by atomic mass is 9.92. The topological polar surface area (TPSA) is 32.8 Å². The van der Waals surface area contributed by atoms with E-state index in [2.05, 4.69) is 255 Å². The Morgan fingerprint density at radius 2 is 0.694 bits per heavy atom. The van der Waals surface area contributed by atoms with E-state index in [-0.39, 0.29) is 0 Å². The molecule has 4 nitrogen and oxygen atoms in total. The van der Waals surface area contributed by atoms with E-state index >= 15 is 0 Å². The number of hydrogen-bond acceptors (Lipinski definition) is 4. The Morgan fingerprint density at radius 1 is 0.278 bits per heavy atom. The van der Waals surface area contributed by atoms with Gasteiger partial charge in [-0.15, -0.1) is 0 Å². The van der Waals surface area contributed by atoms with Crippen molar-refractivity contribution in [3.8, 4) is 0 Å². The first kappa shape index (κ1) is 42.7. The van der Waals surface area contributed by atoms with Crippen molar-refractivity contribution in [2.24, 2.45) is 0 Å². The van der Waals surface area contributed by atoms with E-state index in [1.807, 2.05) is 0 Å². The van der Waals surface area contributed by atoms with E-state index < -0.39 is 16.1 Å². The Bertz CT molecular complexity index is 4490. The predicted octanol–water partition coefficient (Wildman–Crippen LogP) is 18.7. The molecule has 0 saturated carbocycles. The lowest BCUT2D eigenvalue weighted by molar-refractivity contribution is 0.671. The maximum Gasteiger partial charge on any atom is 0.159 e. The summed E-state index contributed by atoms with van der Waals surface area (Å²) in [7, 11) is -3.48. The molecule has 2 aromatic heterocycles. The van der Waals surface area contributed by atoms with Gasteiger partial charge in [0.2, 0.25) is 0 Å². The summed E-state index contributed by atoms with van der Waals surface area (Å²) >= 11 is 0. The van der Waals surface area contributed by atoms with Gasteiger partial charge < -0.3 is 18.6 Å². The molecular weight excluding hydrogens is 909 g/mol. The van der Waals surface area contributed by atoms with Crippen molar-refractivity contribution in [1.82, 2.24) is 0 Å². The van der Waals surface area contributed by atoms with Crippen LogP contribution in [-0.4, -0.2) is 16.1 Å². The molecule has 0 aliphatic heterocycles. The maximum absolute atomic E-state index is 7.16. The first-order chi connectivity index (χ1) is 35.0. The number of benzene rings is 12. The molecule has 0 radical (unpaired) electrons. The highest BCUT2D eigenvalue weighted by molar-refractivity contribution is 6.90. The highest BCUT2D eigenvalue weighted by Gasteiger charge is 2.28. The molecule has 0 aliphatic carbocycles. The fourth-order valence-corrected chi connectivity index (χ4v) is 14.6. The third-order valence-corrected chi connectivity index (χ3v) is 19.2. The lowest BCUT2D eigenvalue weighted by Gasteiger charge is -2.29. The smallest absolute Gasteiger partial charge is 0.159 e. The monoisotopic (exact) mass is 960 g/mol. The SMILES string of the molecule is C[Si](C)(C)c1cccc2c1oc1c(N(c3ccc4ccccc4c3)c3cc4ccc5ccc(N(c6ccc7ccccc7c6)c6cccc7c6oc6c([Si](C)(C)C)cccc67)c6ccc(c3)c4c56)cccc12. The van der Waals surface area contributed by atoms with Crippen molar-refractivity contribution in [1.29, 1.82) is 0 Å². The second-order valence-electron chi connectivity index (χ2n) is 21.7. The molecule has 14 rings (SSSR count). The predicted molar refractivity (Wildman–Crippen MR) is 315 cm³/mol. The minimum absolute atomic E-state index is 0.894. The van der Waals surface area contributed by atoms with Gasteiger partial charge in [-0.1, -0.05) is 191 Å². The van der Waals surface area contributed by atoms with E-state index in [1.165, 1.54) is 75.0 Å². The van der Waals surface area contributed by atoms with Gasteiger partial charge in [-0.25, -0.2) is 0 Å². The molecule has 0 unspecified atom stereocenters. The van der Waals surface area contributed by atoms with Gasteiger partial charge in [0.05, 0.1) is 33.2 Å². The van der Waals surface area contributed by atoms with Gasteiger partial charge in [-0.3, -0.25) is 0 Å². The molecule has 2 heterocycles. The molecule has 0 bridgehead atoms. The number of para-hydroxylation sites is 4. The number of nitrogens with zero attached hydrogens (tertiary/aromatic N) is 2. The first-order valence-electron chi connectivity index (χ1n) is 25.2. The Kier molecular flexibility index (Phi) is 9.29. The zero-order valence-corrected chi connectivity index (χ0v) is 43.3. The molecule has 0 spiro atoms. The Labute approximate surface area is 420 Å². The van der Waals surface area contributed by atoms with Crippen LogP contribution in [0.15, 0.2) is 215 Å². The molecule has 12 aromatic carbocycles. The molecule has 0 saturated heterocycles. The van der Waals surface area contributed by atoms with E-state index in [0.29, 0.717) is 0 Å². The highest BCUT2D eigenvalue weighted by atomic mass is 28.3.